The van der Waals surface area contributed by atoms with Gasteiger partial charge in [-0.05, 0) is 37.6 Å². The quantitative estimate of drug-likeness (QED) is 0.569. The molecule has 15 heavy (non-hydrogen) atoms. The van der Waals surface area contributed by atoms with Crippen molar-refractivity contribution in [3.05, 3.63) is 29.3 Å². The van der Waals surface area contributed by atoms with E-state index in [0.29, 0.717) is 24.5 Å². The fourth-order valence-electron chi connectivity index (χ4n) is 1.39. The molecule has 0 spiro atoms. The Kier molecular flexibility index (Phi) is 4.63. The maximum atomic E-state index is 11.6. The smallest absolute Gasteiger partial charge is 0.164 e. The van der Waals surface area contributed by atoms with Crippen LogP contribution >= 0.6 is 11.6 Å². The summed E-state index contributed by atoms with van der Waals surface area (Å²) in [5.74, 6) is 1.17. The molecule has 0 bridgehead atoms. The van der Waals surface area contributed by atoms with Gasteiger partial charge in [-0.2, -0.15) is 0 Å². The van der Waals surface area contributed by atoms with Crippen LogP contribution < -0.4 is 4.74 Å². The van der Waals surface area contributed by atoms with E-state index in [2.05, 4.69) is 0 Å². The molecule has 3 heteroatoms. The Bertz CT molecular complexity index is 347. The van der Waals surface area contributed by atoms with E-state index in [1.165, 1.54) is 0 Å². The van der Waals surface area contributed by atoms with E-state index >= 15 is 0 Å². The van der Waals surface area contributed by atoms with Crippen LogP contribution in [0, 0.1) is 6.92 Å². The fourth-order valence-corrected chi connectivity index (χ4v) is 1.56. The molecular weight excluding hydrogens is 212 g/mol. The van der Waals surface area contributed by atoms with Crippen molar-refractivity contribution >= 4 is 17.4 Å². The lowest BCUT2D eigenvalue weighted by atomic mass is 10.1. The van der Waals surface area contributed by atoms with Gasteiger partial charge >= 0.3 is 0 Å². The molecule has 0 amide bonds. The SMILES string of the molecule is CCOc1cc(C)cc(C(=O)CCCl)c1. The monoisotopic (exact) mass is 226 g/mol. The van der Waals surface area contributed by atoms with Crippen LogP contribution in [0.4, 0.5) is 0 Å². The van der Waals surface area contributed by atoms with Crippen molar-refractivity contribution in [1.82, 2.24) is 0 Å². The molecule has 2 nitrogen and oxygen atoms in total. The highest BCUT2D eigenvalue weighted by Gasteiger charge is 2.07. The Balaban J connectivity index is 2.92. The van der Waals surface area contributed by atoms with E-state index in [1.54, 1.807) is 6.07 Å². The maximum absolute atomic E-state index is 11.6. The minimum Gasteiger partial charge on any atom is -0.494 e. The summed E-state index contributed by atoms with van der Waals surface area (Å²) in [7, 11) is 0. The van der Waals surface area contributed by atoms with E-state index in [9.17, 15) is 4.79 Å². The molecule has 1 aromatic carbocycles. The number of halogens is 1. The molecular formula is C12H15ClO2. The maximum Gasteiger partial charge on any atom is 0.164 e. The lowest BCUT2D eigenvalue weighted by Crippen LogP contribution is -2.01. The molecule has 0 N–H and O–H groups in total. The van der Waals surface area contributed by atoms with Gasteiger partial charge in [0.15, 0.2) is 5.78 Å². The van der Waals surface area contributed by atoms with Gasteiger partial charge in [0.05, 0.1) is 6.61 Å². The third-order valence-electron chi connectivity index (χ3n) is 2.01. The van der Waals surface area contributed by atoms with Crippen LogP contribution in [-0.4, -0.2) is 18.3 Å². The van der Waals surface area contributed by atoms with Crippen LogP contribution in [0.1, 0.15) is 29.3 Å². The van der Waals surface area contributed by atoms with Crippen molar-refractivity contribution < 1.29 is 9.53 Å². The van der Waals surface area contributed by atoms with Crippen LogP contribution in [-0.2, 0) is 0 Å². The molecule has 0 aliphatic rings. The molecule has 82 valence electrons. The van der Waals surface area contributed by atoms with Gasteiger partial charge in [0.2, 0.25) is 0 Å². The second kappa shape index (κ2) is 5.76. The Labute approximate surface area is 95.2 Å². The van der Waals surface area contributed by atoms with Crippen LogP contribution in [0.15, 0.2) is 18.2 Å². The summed E-state index contributed by atoms with van der Waals surface area (Å²) >= 11 is 5.53. The molecule has 0 saturated heterocycles. The van der Waals surface area contributed by atoms with Crippen LogP contribution in [0.25, 0.3) is 0 Å². The lowest BCUT2D eigenvalue weighted by Gasteiger charge is -2.07. The third-order valence-corrected chi connectivity index (χ3v) is 2.19. The highest BCUT2D eigenvalue weighted by atomic mass is 35.5. The van der Waals surface area contributed by atoms with Gasteiger partial charge in [-0.1, -0.05) is 0 Å². The van der Waals surface area contributed by atoms with Crippen LogP contribution in [0.2, 0.25) is 0 Å². The standard InChI is InChI=1S/C12H15ClO2/c1-3-15-11-7-9(2)6-10(8-11)12(14)4-5-13/h6-8H,3-5H2,1-2H3. The second-order valence-corrected chi connectivity index (χ2v) is 3.71. The summed E-state index contributed by atoms with van der Waals surface area (Å²) in [6, 6.07) is 5.55. The minimum atomic E-state index is 0.0645. The summed E-state index contributed by atoms with van der Waals surface area (Å²) in [6.45, 7) is 4.47. The van der Waals surface area contributed by atoms with Gasteiger partial charge in [0.1, 0.15) is 5.75 Å². The van der Waals surface area contributed by atoms with Gasteiger partial charge in [0.25, 0.3) is 0 Å². The molecule has 0 aliphatic carbocycles. The Morgan fingerprint density at radius 3 is 2.73 bits per heavy atom. The van der Waals surface area contributed by atoms with Crippen molar-refractivity contribution in [3.63, 3.8) is 0 Å². The highest BCUT2D eigenvalue weighted by molar-refractivity contribution is 6.19. The van der Waals surface area contributed by atoms with E-state index in [0.717, 1.165) is 11.3 Å². The number of carbonyl (C=O) groups is 1. The molecule has 1 rings (SSSR count). The number of ether oxygens (including phenoxy) is 1. The normalized spacial score (nSPS) is 10.1. The molecule has 0 unspecified atom stereocenters. The van der Waals surface area contributed by atoms with E-state index in [-0.39, 0.29) is 5.78 Å². The first kappa shape index (κ1) is 12.1. The zero-order chi connectivity index (χ0) is 11.3. The number of Topliss-reactive ketones (excluding diaryl/α,β-unsaturated/α-hetero) is 1. The zero-order valence-electron chi connectivity index (χ0n) is 9.05. The predicted molar refractivity (Wildman–Crippen MR) is 62.0 cm³/mol. The number of carbonyl (C=O) groups excluding carboxylic acids is 1. The average Bonchev–Trinajstić information content (AvgIpc) is 2.17. The van der Waals surface area contributed by atoms with Gasteiger partial charge in [-0.15, -0.1) is 11.6 Å². The van der Waals surface area contributed by atoms with Crippen LogP contribution in [0.3, 0.4) is 0 Å². The number of hydrogen-bond acceptors (Lipinski definition) is 2. The number of rotatable bonds is 5. The Morgan fingerprint density at radius 1 is 1.40 bits per heavy atom. The average molecular weight is 227 g/mol. The highest BCUT2D eigenvalue weighted by Crippen LogP contribution is 2.18. The molecule has 0 aliphatic heterocycles. The Hall–Kier alpha value is -1.02. The number of hydrogen-bond donors (Lipinski definition) is 0. The molecule has 0 heterocycles. The molecule has 0 saturated carbocycles. The van der Waals surface area contributed by atoms with Crippen molar-refractivity contribution in [2.75, 3.05) is 12.5 Å². The van der Waals surface area contributed by atoms with Gasteiger partial charge in [0, 0.05) is 17.9 Å². The molecule has 1 aromatic rings. The van der Waals surface area contributed by atoms with Crippen molar-refractivity contribution in [2.45, 2.75) is 20.3 Å². The molecule has 0 atom stereocenters. The zero-order valence-corrected chi connectivity index (χ0v) is 9.80. The fraction of sp³-hybridized carbons (Fsp3) is 0.417. The van der Waals surface area contributed by atoms with Gasteiger partial charge in [-0.3, -0.25) is 4.79 Å². The second-order valence-electron chi connectivity index (χ2n) is 3.33. The summed E-state index contributed by atoms with van der Waals surface area (Å²) in [5.41, 5.74) is 1.71. The largest absolute Gasteiger partial charge is 0.494 e. The first-order chi connectivity index (χ1) is 7.17. The van der Waals surface area contributed by atoms with E-state index in [1.807, 2.05) is 26.0 Å². The lowest BCUT2D eigenvalue weighted by molar-refractivity contribution is 0.0988. The van der Waals surface area contributed by atoms with Crippen molar-refractivity contribution in [3.8, 4) is 5.75 Å². The number of alkyl halides is 1. The minimum absolute atomic E-state index is 0.0645. The number of aryl methyl sites for hydroxylation is 1. The van der Waals surface area contributed by atoms with Crippen molar-refractivity contribution in [2.24, 2.45) is 0 Å². The first-order valence-electron chi connectivity index (χ1n) is 5.01. The number of benzene rings is 1. The van der Waals surface area contributed by atoms with E-state index in [4.69, 9.17) is 16.3 Å². The first-order valence-corrected chi connectivity index (χ1v) is 5.54. The summed E-state index contributed by atoms with van der Waals surface area (Å²) in [5, 5.41) is 0. The summed E-state index contributed by atoms with van der Waals surface area (Å²) in [4.78, 5) is 11.6. The predicted octanol–water partition coefficient (Wildman–Crippen LogP) is 3.21. The molecule has 0 aromatic heterocycles. The van der Waals surface area contributed by atoms with Crippen LogP contribution in [0.5, 0.6) is 5.75 Å². The van der Waals surface area contributed by atoms with Crippen molar-refractivity contribution in [1.29, 1.82) is 0 Å². The van der Waals surface area contributed by atoms with Gasteiger partial charge < -0.3 is 4.74 Å². The molecule has 0 radical (unpaired) electrons. The Morgan fingerprint density at radius 2 is 2.13 bits per heavy atom. The van der Waals surface area contributed by atoms with Gasteiger partial charge in [-0.25, -0.2) is 0 Å². The summed E-state index contributed by atoms with van der Waals surface area (Å²) < 4.78 is 5.37. The number of ketones is 1. The topological polar surface area (TPSA) is 26.3 Å². The summed E-state index contributed by atoms with van der Waals surface area (Å²) in [6.07, 6.45) is 0.372. The third kappa shape index (κ3) is 3.56. The molecule has 0 fully saturated rings. The van der Waals surface area contributed by atoms with E-state index < -0.39 is 0 Å².